The van der Waals surface area contributed by atoms with Gasteiger partial charge in [0.05, 0.1) is 0 Å². The van der Waals surface area contributed by atoms with Crippen molar-refractivity contribution < 1.29 is 19.1 Å². The Bertz CT molecular complexity index is 788. The summed E-state index contributed by atoms with van der Waals surface area (Å²) in [7, 11) is 0. The quantitative estimate of drug-likeness (QED) is 0.495. The Hall–Kier alpha value is -2.95. The molecule has 2 aromatic carbocycles. The normalized spacial score (nSPS) is 22.7. The minimum absolute atomic E-state index is 0.404. The molecule has 1 heterocycles. The zero-order valence-corrected chi connectivity index (χ0v) is 13.4. The third kappa shape index (κ3) is 2.48. The summed E-state index contributed by atoms with van der Waals surface area (Å²) < 4.78 is 5.29. The molecular weight excluding hydrogens is 306 g/mol. The summed E-state index contributed by atoms with van der Waals surface area (Å²) in [5, 5.41) is 0. The molecule has 1 fully saturated rings. The summed E-state index contributed by atoms with van der Waals surface area (Å²) in [5.74, 6) is -1.47. The second-order valence-corrected chi connectivity index (χ2v) is 5.86. The van der Waals surface area contributed by atoms with Crippen LogP contribution in [0.4, 0.5) is 0 Å². The van der Waals surface area contributed by atoms with E-state index in [0.29, 0.717) is 5.56 Å². The number of β-lactam (4-membered cyclic amide) rings is 1. The van der Waals surface area contributed by atoms with Gasteiger partial charge in [0.2, 0.25) is 5.60 Å². The number of likely N-dealkylation sites (tertiary alicyclic amines) is 1. The van der Waals surface area contributed by atoms with Gasteiger partial charge in [-0.15, -0.1) is 0 Å². The lowest BCUT2D eigenvalue weighted by Crippen LogP contribution is -2.69. The van der Waals surface area contributed by atoms with Gasteiger partial charge in [0.25, 0.3) is 11.8 Å². The van der Waals surface area contributed by atoms with Gasteiger partial charge in [-0.05, 0) is 24.6 Å². The fraction of sp³-hybridized carbons (Fsp3) is 0.211. The molecular formula is C19H17NO4. The Kier molecular flexibility index (Phi) is 3.93. The van der Waals surface area contributed by atoms with Crippen LogP contribution in [-0.4, -0.2) is 28.3 Å². The second kappa shape index (κ2) is 5.92. The van der Waals surface area contributed by atoms with Crippen LogP contribution in [0.3, 0.4) is 0 Å². The summed E-state index contributed by atoms with van der Waals surface area (Å²) in [4.78, 5) is 38.0. The number of benzene rings is 2. The van der Waals surface area contributed by atoms with E-state index in [2.05, 4.69) is 0 Å². The smallest absolute Gasteiger partial charge is 0.303 e. The highest BCUT2D eigenvalue weighted by Crippen LogP contribution is 2.46. The van der Waals surface area contributed by atoms with Crippen molar-refractivity contribution in [2.75, 3.05) is 0 Å². The number of imide groups is 1. The van der Waals surface area contributed by atoms with Gasteiger partial charge >= 0.3 is 5.97 Å². The standard InChI is InChI=1S/C19H17NO4/c1-13(21)24-19(2)16(14-9-5-3-6-10-14)20(18(19)23)17(22)15-11-7-4-8-12-15/h3-12,16H,1-2H3/t16-,19+/m0/s1. The molecule has 1 aliphatic heterocycles. The number of ether oxygens (including phenoxy) is 1. The van der Waals surface area contributed by atoms with Crippen LogP contribution in [0.1, 0.15) is 35.8 Å². The predicted octanol–water partition coefficient (Wildman–Crippen LogP) is 2.73. The Morgan fingerprint density at radius 2 is 1.54 bits per heavy atom. The monoisotopic (exact) mass is 323 g/mol. The van der Waals surface area contributed by atoms with Crippen molar-refractivity contribution in [3.05, 3.63) is 71.8 Å². The van der Waals surface area contributed by atoms with E-state index >= 15 is 0 Å². The fourth-order valence-corrected chi connectivity index (χ4v) is 3.08. The van der Waals surface area contributed by atoms with Gasteiger partial charge in [-0.25, -0.2) is 0 Å². The topological polar surface area (TPSA) is 63.7 Å². The summed E-state index contributed by atoms with van der Waals surface area (Å²) in [5.41, 5.74) is -0.223. The minimum atomic E-state index is -1.38. The molecule has 2 amide bonds. The minimum Gasteiger partial charge on any atom is -0.447 e. The first-order chi connectivity index (χ1) is 11.4. The molecule has 0 bridgehead atoms. The molecule has 0 saturated carbocycles. The molecule has 3 rings (SSSR count). The fourth-order valence-electron chi connectivity index (χ4n) is 3.08. The number of carbonyl (C=O) groups excluding carboxylic acids is 3. The van der Waals surface area contributed by atoms with Crippen molar-refractivity contribution in [3.8, 4) is 0 Å². The molecule has 0 aromatic heterocycles. The van der Waals surface area contributed by atoms with Crippen LogP contribution in [-0.2, 0) is 14.3 Å². The molecule has 0 unspecified atom stereocenters. The lowest BCUT2D eigenvalue weighted by molar-refractivity contribution is -0.198. The summed E-state index contributed by atoms with van der Waals surface area (Å²) >= 11 is 0. The second-order valence-electron chi connectivity index (χ2n) is 5.86. The number of esters is 1. The first-order valence-corrected chi connectivity index (χ1v) is 7.62. The largest absolute Gasteiger partial charge is 0.447 e. The molecule has 5 nitrogen and oxygen atoms in total. The molecule has 24 heavy (non-hydrogen) atoms. The van der Waals surface area contributed by atoms with Gasteiger partial charge in [-0.2, -0.15) is 0 Å². The summed E-state index contributed by atoms with van der Waals surface area (Å²) in [6.45, 7) is 2.80. The van der Waals surface area contributed by atoms with Gasteiger partial charge in [-0.1, -0.05) is 48.5 Å². The highest BCUT2D eigenvalue weighted by Gasteiger charge is 2.63. The molecule has 0 radical (unpaired) electrons. The molecule has 2 atom stereocenters. The average Bonchev–Trinajstić information content (AvgIpc) is 2.59. The summed E-state index contributed by atoms with van der Waals surface area (Å²) in [6, 6.07) is 17.0. The molecule has 0 N–H and O–H groups in total. The molecule has 2 aromatic rings. The molecule has 122 valence electrons. The zero-order chi connectivity index (χ0) is 17.3. The Morgan fingerprint density at radius 3 is 2.08 bits per heavy atom. The van der Waals surface area contributed by atoms with Crippen LogP contribution < -0.4 is 0 Å². The Balaban J connectivity index is 2.01. The maximum atomic E-state index is 12.8. The van der Waals surface area contributed by atoms with Crippen molar-refractivity contribution in [2.24, 2.45) is 0 Å². The third-order valence-electron chi connectivity index (χ3n) is 4.13. The van der Waals surface area contributed by atoms with Crippen LogP contribution in [0.15, 0.2) is 60.7 Å². The highest BCUT2D eigenvalue weighted by molar-refractivity contribution is 6.12. The lowest BCUT2D eigenvalue weighted by Gasteiger charge is -2.51. The third-order valence-corrected chi connectivity index (χ3v) is 4.13. The van der Waals surface area contributed by atoms with Crippen molar-refractivity contribution in [2.45, 2.75) is 25.5 Å². The van der Waals surface area contributed by atoms with Crippen LogP contribution >= 0.6 is 0 Å². The first kappa shape index (κ1) is 15.9. The van der Waals surface area contributed by atoms with E-state index in [0.717, 1.165) is 10.5 Å². The maximum absolute atomic E-state index is 12.8. The summed E-state index contributed by atoms with van der Waals surface area (Å²) in [6.07, 6.45) is 0. The number of nitrogens with zero attached hydrogens (tertiary/aromatic N) is 1. The maximum Gasteiger partial charge on any atom is 0.303 e. The number of rotatable bonds is 3. The Labute approximate surface area is 139 Å². The van der Waals surface area contributed by atoms with Crippen molar-refractivity contribution in [3.63, 3.8) is 0 Å². The van der Waals surface area contributed by atoms with E-state index in [1.165, 1.54) is 6.92 Å². The average molecular weight is 323 g/mol. The van der Waals surface area contributed by atoms with E-state index in [-0.39, 0.29) is 0 Å². The van der Waals surface area contributed by atoms with Crippen LogP contribution in [0.2, 0.25) is 0 Å². The predicted molar refractivity (Wildman–Crippen MR) is 87.0 cm³/mol. The molecule has 1 aliphatic rings. The van der Waals surface area contributed by atoms with E-state index < -0.39 is 29.4 Å². The van der Waals surface area contributed by atoms with Crippen LogP contribution in [0.25, 0.3) is 0 Å². The molecule has 0 aliphatic carbocycles. The van der Waals surface area contributed by atoms with Gasteiger partial charge in [0, 0.05) is 12.5 Å². The zero-order valence-electron chi connectivity index (χ0n) is 13.4. The number of amides is 2. The lowest BCUT2D eigenvalue weighted by atomic mass is 9.78. The molecule has 0 spiro atoms. The van der Waals surface area contributed by atoms with Gasteiger partial charge < -0.3 is 4.74 Å². The van der Waals surface area contributed by atoms with E-state index in [1.807, 2.05) is 30.3 Å². The number of carbonyl (C=O) groups is 3. The molecule has 5 heteroatoms. The van der Waals surface area contributed by atoms with Crippen LogP contribution in [0.5, 0.6) is 0 Å². The van der Waals surface area contributed by atoms with Gasteiger partial charge in [0.15, 0.2) is 0 Å². The van der Waals surface area contributed by atoms with Gasteiger partial charge in [0.1, 0.15) is 6.04 Å². The number of hydrogen-bond acceptors (Lipinski definition) is 4. The first-order valence-electron chi connectivity index (χ1n) is 7.62. The SMILES string of the molecule is CC(=O)O[C@@]1(C)C(=O)N(C(=O)c2ccccc2)[C@H]1c1ccccc1. The van der Waals surface area contributed by atoms with E-state index in [1.54, 1.807) is 37.3 Å². The highest BCUT2D eigenvalue weighted by atomic mass is 16.6. The van der Waals surface area contributed by atoms with Crippen LogP contribution in [0, 0.1) is 0 Å². The van der Waals surface area contributed by atoms with Crippen molar-refractivity contribution in [1.82, 2.24) is 4.90 Å². The molecule has 1 saturated heterocycles. The number of hydrogen-bond donors (Lipinski definition) is 0. The van der Waals surface area contributed by atoms with Crippen molar-refractivity contribution in [1.29, 1.82) is 0 Å². The Morgan fingerprint density at radius 1 is 1.00 bits per heavy atom. The van der Waals surface area contributed by atoms with Gasteiger partial charge in [-0.3, -0.25) is 19.3 Å². The van der Waals surface area contributed by atoms with Crippen molar-refractivity contribution >= 4 is 17.8 Å². The van der Waals surface area contributed by atoms with E-state index in [4.69, 9.17) is 4.74 Å². The van der Waals surface area contributed by atoms with E-state index in [9.17, 15) is 14.4 Å².